The van der Waals surface area contributed by atoms with Crippen LogP contribution in [0.5, 0.6) is 5.75 Å². The van der Waals surface area contributed by atoms with Crippen molar-refractivity contribution in [1.82, 2.24) is 10.3 Å². The molecular formula is C22H23N3O4. The van der Waals surface area contributed by atoms with Crippen molar-refractivity contribution < 1.29 is 19.1 Å². The highest BCUT2D eigenvalue weighted by molar-refractivity contribution is 5.94. The molecule has 1 aliphatic rings. The molecule has 150 valence electrons. The van der Waals surface area contributed by atoms with Crippen LogP contribution in [0.2, 0.25) is 0 Å². The summed E-state index contributed by atoms with van der Waals surface area (Å²) in [6.07, 6.45) is 2.20. The maximum absolute atomic E-state index is 11.9. The van der Waals surface area contributed by atoms with Crippen LogP contribution < -0.4 is 10.2 Å². The van der Waals surface area contributed by atoms with E-state index in [0.717, 1.165) is 16.7 Å². The molecule has 0 atom stereocenters. The average Bonchev–Trinajstić information content (AvgIpc) is 3.33. The summed E-state index contributed by atoms with van der Waals surface area (Å²) in [4.78, 5) is 17.9. The molecule has 7 nitrogen and oxygen atoms in total. The van der Waals surface area contributed by atoms with Crippen molar-refractivity contribution in [3.05, 3.63) is 65.2 Å². The number of nitrogens with one attached hydrogen (secondary N) is 1. The highest BCUT2D eigenvalue weighted by atomic mass is 16.5. The fourth-order valence-electron chi connectivity index (χ4n) is 3.47. The number of nitrogens with zero attached hydrogens (tertiary/aromatic N) is 2. The first kappa shape index (κ1) is 19.0. The van der Waals surface area contributed by atoms with E-state index in [1.54, 1.807) is 30.3 Å². The van der Waals surface area contributed by atoms with Crippen molar-refractivity contribution in [2.24, 2.45) is 0 Å². The van der Waals surface area contributed by atoms with E-state index in [4.69, 9.17) is 9.15 Å². The van der Waals surface area contributed by atoms with Crippen LogP contribution in [0, 0.1) is 6.92 Å². The number of amides is 2. The lowest BCUT2D eigenvalue weighted by Crippen LogP contribution is -2.27. The Balaban J connectivity index is 1.59. The monoisotopic (exact) mass is 393 g/mol. The van der Waals surface area contributed by atoms with Gasteiger partial charge in [-0.25, -0.2) is 9.78 Å². The van der Waals surface area contributed by atoms with Gasteiger partial charge in [0.15, 0.2) is 11.7 Å². The fraction of sp³-hybridized carbons (Fsp3) is 0.273. The van der Waals surface area contributed by atoms with Crippen LogP contribution in [0.15, 0.2) is 47.0 Å². The number of aromatic hydroxyl groups is 1. The third-order valence-corrected chi connectivity index (χ3v) is 4.98. The number of rotatable bonds is 6. The molecule has 29 heavy (non-hydrogen) atoms. The van der Waals surface area contributed by atoms with Crippen molar-refractivity contribution in [2.45, 2.75) is 20.0 Å². The summed E-state index contributed by atoms with van der Waals surface area (Å²) >= 11 is 0. The summed E-state index contributed by atoms with van der Waals surface area (Å²) < 4.78 is 11.2. The van der Waals surface area contributed by atoms with E-state index >= 15 is 0 Å². The number of benzene rings is 2. The molecule has 1 fully saturated rings. The molecule has 0 aliphatic carbocycles. The van der Waals surface area contributed by atoms with Crippen LogP contribution in [0.25, 0.3) is 11.3 Å². The minimum absolute atomic E-state index is 0.0678. The molecule has 2 amide bonds. The number of oxazole rings is 1. The Morgan fingerprint density at radius 1 is 1.28 bits per heavy atom. The molecule has 1 aromatic heterocycles. The molecule has 7 heteroatoms. The number of phenolic OH excluding ortho intramolecular Hbond substituents is 1. The second-order valence-corrected chi connectivity index (χ2v) is 7.11. The number of aryl methyl sites for hydroxylation is 1. The van der Waals surface area contributed by atoms with Crippen LogP contribution in [0.1, 0.15) is 22.6 Å². The van der Waals surface area contributed by atoms with Crippen LogP contribution in [-0.4, -0.2) is 36.3 Å². The van der Waals surface area contributed by atoms with Gasteiger partial charge in [-0.2, -0.15) is 0 Å². The Morgan fingerprint density at radius 3 is 2.90 bits per heavy atom. The number of aromatic nitrogens is 1. The predicted octanol–water partition coefficient (Wildman–Crippen LogP) is 3.62. The molecule has 0 bridgehead atoms. The van der Waals surface area contributed by atoms with E-state index in [1.807, 2.05) is 12.1 Å². The van der Waals surface area contributed by atoms with E-state index in [-0.39, 0.29) is 11.8 Å². The van der Waals surface area contributed by atoms with Gasteiger partial charge in [-0.3, -0.25) is 4.90 Å². The zero-order chi connectivity index (χ0) is 20.4. The summed E-state index contributed by atoms with van der Waals surface area (Å²) in [5.74, 6) is 1.20. The second kappa shape index (κ2) is 7.97. The normalized spacial score (nSPS) is 13.7. The third kappa shape index (κ3) is 4.09. The van der Waals surface area contributed by atoms with Crippen molar-refractivity contribution >= 4 is 11.7 Å². The number of ether oxygens (including phenoxy) is 1. The Labute approximate surface area is 168 Å². The number of urea groups is 1. The molecule has 2 heterocycles. The van der Waals surface area contributed by atoms with Crippen LogP contribution >= 0.6 is 0 Å². The zero-order valence-electron chi connectivity index (χ0n) is 16.4. The summed E-state index contributed by atoms with van der Waals surface area (Å²) in [6, 6.07) is 11.0. The highest BCUT2D eigenvalue weighted by Gasteiger charge is 2.22. The number of anilines is 1. The van der Waals surface area contributed by atoms with Gasteiger partial charge in [-0.05, 0) is 35.7 Å². The predicted molar refractivity (Wildman–Crippen MR) is 109 cm³/mol. The highest BCUT2D eigenvalue weighted by Crippen LogP contribution is 2.31. The van der Waals surface area contributed by atoms with E-state index in [9.17, 15) is 9.90 Å². The summed E-state index contributed by atoms with van der Waals surface area (Å²) in [7, 11) is 1.68. The summed E-state index contributed by atoms with van der Waals surface area (Å²) in [5, 5.41) is 12.9. The number of methoxy groups -OCH3 is 1. The SMILES string of the molecule is COCc1ccc(C)c(Cc2ncc(-c3cc(O)cc(N4CCNC4=O)c3)o2)c1. The molecule has 2 aromatic carbocycles. The van der Waals surface area contributed by atoms with Gasteiger partial charge < -0.3 is 19.6 Å². The molecule has 1 aliphatic heterocycles. The topological polar surface area (TPSA) is 87.8 Å². The minimum atomic E-state index is -0.175. The fourth-order valence-corrected chi connectivity index (χ4v) is 3.47. The maximum atomic E-state index is 11.9. The van der Waals surface area contributed by atoms with Crippen molar-refractivity contribution in [3.63, 3.8) is 0 Å². The van der Waals surface area contributed by atoms with E-state index in [2.05, 4.69) is 29.4 Å². The number of carbonyl (C=O) groups is 1. The maximum Gasteiger partial charge on any atom is 0.321 e. The molecule has 4 rings (SSSR count). The van der Waals surface area contributed by atoms with Gasteiger partial charge in [0, 0.05) is 43.9 Å². The smallest absolute Gasteiger partial charge is 0.321 e. The molecule has 3 aromatic rings. The Hall–Kier alpha value is -3.32. The molecule has 0 spiro atoms. The van der Waals surface area contributed by atoms with Gasteiger partial charge in [0.05, 0.1) is 12.8 Å². The van der Waals surface area contributed by atoms with E-state index in [0.29, 0.717) is 49.0 Å². The molecule has 2 N–H and O–H groups in total. The largest absolute Gasteiger partial charge is 0.508 e. The first-order valence-electron chi connectivity index (χ1n) is 9.45. The zero-order valence-corrected chi connectivity index (χ0v) is 16.4. The van der Waals surface area contributed by atoms with E-state index < -0.39 is 0 Å². The average molecular weight is 393 g/mol. The minimum Gasteiger partial charge on any atom is -0.508 e. The quantitative estimate of drug-likeness (QED) is 0.668. The van der Waals surface area contributed by atoms with Crippen molar-refractivity contribution in [1.29, 1.82) is 0 Å². The van der Waals surface area contributed by atoms with Crippen LogP contribution in [0.4, 0.5) is 10.5 Å². The van der Waals surface area contributed by atoms with Crippen LogP contribution in [0.3, 0.4) is 0 Å². The number of hydrogen-bond donors (Lipinski definition) is 2. The Bertz CT molecular complexity index is 1040. The van der Waals surface area contributed by atoms with Crippen molar-refractivity contribution in [3.8, 4) is 17.1 Å². The standard InChI is InChI=1S/C22H23N3O4/c1-14-3-4-15(13-28-2)7-16(14)10-21-24-12-20(29-21)17-8-18(11-19(26)9-17)25-6-5-23-22(25)27/h3-4,7-9,11-12,26H,5-6,10,13H2,1-2H3,(H,23,27). The molecule has 0 radical (unpaired) electrons. The first-order valence-corrected chi connectivity index (χ1v) is 9.45. The number of phenols is 1. The van der Waals surface area contributed by atoms with Gasteiger partial charge in [-0.15, -0.1) is 0 Å². The van der Waals surface area contributed by atoms with Crippen LogP contribution in [-0.2, 0) is 17.8 Å². The summed E-state index contributed by atoms with van der Waals surface area (Å²) in [6.45, 7) is 3.75. The summed E-state index contributed by atoms with van der Waals surface area (Å²) in [5.41, 5.74) is 4.67. The Kier molecular flexibility index (Phi) is 5.22. The van der Waals surface area contributed by atoms with Gasteiger partial charge >= 0.3 is 6.03 Å². The molecule has 0 unspecified atom stereocenters. The second-order valence-electron chi connectivity index (χ2n) is 7.11. The van der Waals surface area contributed by atoms with Gasteiger partial charge in [-0.1, -0.05) is 18.2 Å². The van der Waals surface area contributed by atoms with Crippen molar-refractivity contribution in [2.75, 3.05) is 25.1 Å². The molecule has 0 saturated carbocycles. The first-order chi connectivity index (χ1) is 14.0. The van der Waals surface area contributed by atoms with Gasteiger partial charge in [0.2, 0.25) is 0 Å². The number of carbonyl (C=O) groups excluding carboxylic acids is 1. The molecular weight excluding hydrogens is 370 g/mol. The lowest BCUT2D eigenvalue weighted by molar-refractivity contribution is 0.185. The molecule has 1 saturated heterocycles. The lowest BCUT2D eigenvalue weighted by Gasteiger charge is -2.15. The number of hydrogen-bond acceptors (Lipinski definition) is 5. The van der Waals surface area contributed by atoms with Gasteiger partial charge in [0.25, 0.3) is 0 Å². The van der Waals surface area contributed by atoms with E-state index in [1.165, 1.54) is 0 Å². The Morgan fingerprint density at radius 2 is 2.14 bits per heavy atom. The third-order valence-electron chi connectivity index (χ3n) is 4.98. The van der Waals surface area contributed by atoms with Gasteiger partial charge in [0.1, 0.15) is 5.75 Å². The lowest BCUT2D eigenvalue weighted by atomic mass is 10.0.